The van der Waals surface area contributed by atoms with Crippen molar-refractivity contribution in [1.82, 2.24) is 10.2 Å². The number of carboxylic acid groups (broad SMARTS) is 1. The van der Waals surface area contributed by atoms with Gasteiger partial charge in [-0.15, -0.1) is 11.8 Å². The molecular weight excluding hydrogens is 284 g/mol. The monoisotopic (exact) mass is 304 g/mol. The van der Waals surface area contributed by atoms with Crippen molar-refractivity contribution in [2.75, 3.05) is 19.4 Å². The van der Waals surface area contributed by atoms with Crippen LogP contribution in [0.15, 0.2) is 0 Å². The van der Waals surface area contributed by atoms with Gasteiger partial charge in [-0.1, -0.05) is 13.3 Å². The average Bonchev–Trinajstić information content (AvgIpc) is 2.82. The topological polar surface area (TPSA) is 95.9 Å². The molecule has 1 aliphatic rings. The minimum absolute atomic E-state index is 0.0689. The van der Waals surface area contributed by atoms with E-state index in [1.807, 2.05) is 6.92 Å². The Morgan fingerprint density at radius 1 is 1.45 bits per heavy atom. The quantitative estimate of drug-likeness (QED) is 0.707. The molecule has 0 aromatic heterocycles. The van der Waals surface area contributed by atoms with Gasteiger partial charge in [0.15, 0.2) is 0 Å². The van der Waals surface area contributed by atoms with Crippen LogP contribution >= 0.6 is 11.8 Å². The number of carbonyl (C=O) groups is 3. The fourth-order valence-corrected chi connectivity index (χ4v) is 3.47. The summed E-state index contributed by atoms with van der Waals surface area (Å²) in [5.74, 6) is -1.02. The van der Waals surface area contributed by atoms with Crippen LogP contribution in [0.2, 0.25) is 0 Å². The molecule has 0 radical (unpaired) electrons. The van der Waals surface area contributed by atoms with Gasteiger partial charge in [-0.25, -0.2) is 9.59 Å². The lowest BCUT2D eigenvalue weighted by molar-refractivity contribution is -0.142. The standard InChI is InChI=1S/C12H20N2O5S/c1-3-4-9-14(8(7-20-9)11(16)17)12(18)13-6-5-10(15)19-2/h8-9H,3-7H2,1-2H3,(H,13,18)(H,16,17). The van der Waals surface area contributed by atoms with Crippen molar-refractivity contribution in [3.63, 3.8) is 0 Å². The Bertz CT molecular complexity index is 377. The molecule has 0 spiro atoms. The number of ether oxygens (including phenoxy) is 1. The van der Waals surface area contributed by atoms with Gasteiger partial charge in [-0.2, -0.15) is 0 Å². The highest BCUT2D eigenvalue weighted by molar-refractivity contribution is 8.00. The number of methoxy groups -OCH3 is 1. The second-order valence-electron chi connectivity index (χ2n) is 4.40. The Kier molecular flexibility index (Phi) is 6.63. The molecule has 2 amide bonds. The molecule has 1 rings (SSSR count). The van der Waals surface area contributed by atoms with Crippen molar-refractivity contribution in [1.29, 1.82) is 0 Å². The number of amides is 2. The smallest absolute Gasteiger partial charge is 0.327 e. The average molecular weight is 304 g/mol. The van der Waals surface area contributed by atoms with E-state index in [1.54, 1.807) is 0 Å². The minimum Gasteiger partial charge on any atom is -0.480 e. The molecular formula is C12H20N2O5S. The lowest BCUT2D eigenvalue weighted by atomic mass is 10.2. The maximum atomic E-state index is 12.1. The fraction of sp³-hybridized carbons (Fsp3) is 0.750. The highest BCUT2D eigenvalue weighted by Crippen LogP contribution is 2.32. The lowest BCUT2D eigenvalue weighted by Gasteiger charge is -2.27. The highest BCUT2D eigenvalue weighted by Gasteiger charge is 2.41. The van der Waals surface area contributed by atoms with Crippen molar-refractivity contribution in [2.45, 2.75) is 37.6 Å². The molecule has 114 valence electrons. The van der Waals surface area contributed by atoms with Gasteiger partial charge in [0, 0.05) is 12.3 Å². The summed E-state index contributed by atoms with van der Waals surface area (Å²) in [6, 6.07) is -1.25. The van der Waals surface area contributed by atoms with Crippen LogP contribution in [0.5, 0.6) is 0 Å². The molecule has 0 saturated carbocycles. The van der Waals surface area contributed by atoms with Crippen molar-refractivity contribution in [3.8, 4) is 0 Å². The third kappa shape index (κ3) is 4.29. The summed E-state index contributed by atoms with van der Waals surface area (Å²) < 4.78 is 4.47. The normalized spacial score (nSPS) is 21.6. The number of esters is 1. The summed E-state index contributed by atoms with van der Waals surface area (Å²) >= 11 is 1.48. The molecule has 2 atom stereocenters. The van der Waals surface area contributed by atoms with E-state index in [0.29, 0.717) is 5.75 Å². The molecule has 0 bridgehead atoms. The molecule has 20 heavy (non-hydrogen) atoms. The number of nitrogens with one attached hydrogen (secondary N) is 1. The van der Waals surface area contributed by atoms with Crippen LogP contribution in [0, 0.1) is 0 Å². The first-order valence-corrected chi connectivity index (χ1v) is 7.53. The van der Waals surface area contributed by atoms with Gasteiger partial charge in [-0.3, -0.25) is 9.69 Å². The van der Waals surface area contributed by atoms with Crippen molar-refractivity contribution in [3.05, 3.63) is 0 Å². The first-order chi connectivity index (χ1) is 9.51. The Hall–Kier alpha value is -1.44. The summed E-state index contributed by atoms with van der Waals surface area (Å²) in [5.41, 5.74) is 0. The summed E-state index contributed by atoms with van der Waals surface area (Å²) in [5, 5.41) is 11.6. The van der Waals surface area contributed by atoms with Crippen molar-refractivity contribution < 1.29 is 24.2 Å². The van der Waals surface area contributed by atoms with Crippen LogP contribution in [-0.4, -0.2) is 58.8 Å². The predicted molar refractivity (Wildman–Crippen MR) is 74.4 cm³/mol. The molecule has 2 unspecified atom stereocenters. The third-order valence-corrected chi connectivity index (χ3v) is 4.34. The van der Waals surface area contributed by atoms with E-state index in [4.69, 9.17) is 5.11 Å². The van der Waals surface area contributed by atoms with Gasteiger partial charge < -0.3 is 15.2 Å². The first kappa shape index (κ1) is 16.6. The number of urea groups is 1. The van der Waals surface area contributed by atoms with Crippen LogP contribution in [0.3, 0.4) is 0 Å². The predicted octanol–water partition coefficient (Wildman–Crippen LogP) is 0.887. The second kappa shape index (κ2) is 7.98. The van der Waals surface area contributed by atoms with E-state index in [0.717, 1.165) is 12.8 Å². The number of thioether (sulfide) groups is 1. The molecule has 0 aromatic carbocycles. The Labute approximate surface area is 122 Å². The maximum absolute atomic E-state index is 12.1. The van der Waals surface area contributed by atoms with E-state index >= 15 is 0 Å². The molecule has 8 heteroatoms. The van der Waals surface area contributed by atoms with Gasteiger partial charge in [0.25, 0.3) is 0 Å². The van der Waals surface area contributed by atoms with Crippen LogP contribution < -0.4 is 5.32 Å². The Morgan fingerprint density at radius 3 is 2.70 bits per heavy atom. The van der Waals surface area contributed by atoms with Crippen LogP contribution in [-0.2, 0) is 14.3 Å². The Morgan fingerprint density at radius 2 is 2.15 bits per heavy atom. The van der Waals surface area contributed by atoms with E-state index in [9.17, 15) is 14.4 Å². The summed E-state index contributed by atoms with van der Waals surface area (Å²) in [6.07, 6.45) is 1.69. The van der Waals surface area contributed by atoms with Gasteiger partial charge >= 0.3 is 18.0 Å². The number of hydrogen-bond donors (Lipinski definition) is 2. The van der Waals surface area contributed by atoms with Crippen LogP contribution in [0.4, 0.5) is 4.79 Å². The van der Waals surface area contributed by atoms with Gasteiger partial charge in [0.05, 0.1) is 18.9 Å². The number of nitrogens with zero attached hydrogens (tertiary/aromatic N) is 1. The number of carbonyl (C=O) groups excluding carboxylic acids is 2. The Balaban J connectivity index is 2.59. The minimum atomic E-state index is -1.00. The van der Waals surface area contributed by atoms with Gasteiger partial charge in [0.1, 0.15) is 6.04 Å². The number of hydrogen-bond acceptors (Lipinski definition) is 5. The third-order valence-electron chi connectivity index (χ3n) is 2.98. The van der Waals surface area contributed by atoms with Gasteiger partial charge in [-0.05, 0) is 6.42 Å². The van der Waals surface area contributed by atoms with Crippen molar-refractivity contribution in [2.24, 2.45) is 0 Å². The summed E-state index contributed by atoms with van der Waals surface area (Å²) in [7, 11) is 1.28. The highest BCUT2D eigenvalue weighted by atomic mass is 32.2. The second-order valence-corrected chi connectivity index (χ2v) is 5.61. The zero-order valence-electron chi connectivity index (χ0n) is 11.6. The molecule has 1 heterocycles. The SMILES string of the molecule is CCCC1SCC(C(=O)O)N1C(=O)NCCC(=O)OC. The zero-order chi connectivity index (χ0) is 15.1. The van der Waals surface area contributed by atoms with E-state index in [1.165, 1.54) is 23.8 Å². The fourth-order valence-electron chi connectivity index (χ4n) is 1.96. The van der Waals surface area contributed by atoms with E-state index in [-0.39, 0.29) is 18.3 Å². The van der Waals surface area contributed by atoms with Crippen LogP contribution in [0.1, 0.15) is 26.2 Å². The number of carboxylic acids is 1. The van der Waals surface area contributed by atoms with E-state index in [2.05, 4.69) is 10.1 Å². The molecule has 2 N–H and O–H groups in total. The molecule has 1 aliphatic heterocycles. The summed E-state index contributed by atoms with van der Waals surface area (Å²) in [4.78, 5) is 35.6. The van der Waals surface area contributed by atoms with Crippen molar-refractivity contribution >= 4 is 29.7 Å². The molecule has 7 nitrogen and oxygen atoms in total. The van der Waals surface area contributed by atoms with E-state index < -0.39 is 24.0 Å². The summed E-state index contributed by atoms with van der Waals surface area (Å²) in [6.45, 7) is 2.12. The molecule has 1 saturated heterocycles. The number of aliphatic carboxylic acids is 1. The lowest BCUT2D eigenvalue weighted by Crippen LogP contribution is -2.50. The largest absolute Gasteiger partial charge is 0.480 e. The zero-order valence-corrected chi connectivity index (χ0v) is 12.4. The van der Waals surface area contributed by atoms with Crippen LogP contribution in [0.25, 0.3) is 0 Å². The maximum Gasteiger partial charge on any atom is 0.327 e. The molecule has 1 fully saturated rings. The van der Waals surface area contributed by atoms with Gasteiger partial charge in [0.2, 0.25) is 0 Å². The number of rotatable bonds is 6. The molecule has 0 aliphatic carbocycles. The first-order valence-electron chi connectivity index (χ1n) is 6.48. The molecule has 0 aromatic rings.